The van der Waals surface area contributed by atoms with E-state index in [0.717, 1.165) is 23.8 Å². The second kappa shape index (κ2) is 6.06. The molecule has 106 valence electrons. The third-order valence-electron chi connectivity index (χ3n) is 3.07. The molecule has 0 saturated carbocycles. The van der Waals surface area contributed by atoms with Crippen LogP contribution in [0.1, 0.15) is 34.6 Å². The highest BCUT2D eigenvalue weighted by molar-refractivity contribution is 6.07. The minimum atomic E-state index is -0.427. The second-order valence-corrected chi connectivity index (χ2v) is 5.54. The van der Waals surface area contributed by atoms with Crippen LogP contribution in [-0.4, -0.2) is 39.6 Å². The summed E-state index contributed by atoms with van der Waals surface area (Å²) >= 11 is 0. The normalized spacial score (nSPS) is 17.7. The number of likely N-dealkylation sites (N-methyl/N-ethyl adjacent to an activating group) is 1. The number of ketones is 1. The Morgan fingerprint density at radius 1 is 1.21 bits per heavy atom. The zero-order valence-electron chi connectivity index (χ0n) is 12.5. The number of hydrogen-bond acceptors (Lipinski definition) is 4. The van der Waals surface area contributed by atoms with Gasteiger partial charge in [0.15, 0.2) is 5.78 Å². The molecule has 1 aliphatic carbocycles. The molecule has 0 aromatic heterocycles. The van der Waals surface area contributed by atoms with E-state index in [1.165, 1.54) is 6.20 Å². The molecule has 0 heterocycles. The SMILES string of the molecule is CCN(CC)C1=CC(=O)/C(=C\N(O)C(C)(C)C)C=C1. The highest BCUT2D eigenvalue weighted by atomic mass is 16.5. The Morgan fingerprint density at radius 2 is 1.79 bits per heavy atom. The van der Waals surface area contributed by atoms with Gasteiger partial charge in [0.2, 0.25) is 0 Å². The molecule has 0 atom stereocenters. The van der Waals surface area contributed by atoms with E-state index in [4.69, 9.17) is 0 Å². The lowest BCUT2D eigenvalue weighted by atomic mass is 10.0. The lowest BCUT2D eigenvalue weighted by Crippen LogP contribution is -2.35. The highest BCUT2D eigenvalue weighted by Gasteiger charge is 2.19. The summed E-state index contributed by atoms with van der Waals surface area (Å²) in [6.07, 6.45) is 6.77. The summed E-state index contributed by atoms with van der Waals surface area (Å²) < 4.78 is 0. The van der Waals surface area contributed by atoms with Crippen LogP contribution in [0.2, 0.25) is 0 Å². The smallest absolute Gasteiger partial charge is 0.189 e. The molecule has 4 heteroatoms. The number of carbonyl (C=O) groups excluding carboxylic acids is 1. The fraction of sp³-hybridized carbons (Fsp3) is 0.533. The van der Waals surface area contributed by atoms with Crippen molar-refractivity contribution in [1.82, 2.24) is 9.96 Å². The number of allylic oxidation sites excluding steroid dienone is 4. The molecule has 0 fully saturated rings. The summed E-state index contributed by atoms with van der Waals surface area (Å²) in [6, 6.07) is 0. The first-order valence-corrected chi connectivity index (χ1v) is 6.68. The van der Waals surface area contributed by atoms with E-state index in [1.807, 2.05) is 26.8 Å². The Hall–Kier alpha value is -1.55. The van der Waals surface area contributed by atoms with Crippen LogP contribution in [0.15, 0.2) is 35.7 Å². The lowest BCUT2D eigenvalue weighted by molar-refractivity contribution is -0.116. The summed E-state index contributed by atoms with van der Waals surface area (Å²) in [5.74, 6) is -0.0762. The molecule has 0 saturated heterocycles. The molecular weight excluding hydrogens is 240 g/mol. The number of carbonyl (C=O) groups is 1. The van der Waals surface area contributed by atoms with E-state index in [2.05, 4.69) is 18.7 Å². The second-order valence-electron chi connectivity index (χ2n) is 5.54. The van der Waals surface area contributed by atoms with Gasteiger partial charge in [0.05, 0.1) is 5.54 Å². The number of hydroxylamine groups is 2. The molecule has 1 N–H and O–H groups in total. The average Bonchev–Trinajstić information content (AvgIpc) is 2.32. The largest absolute Gasteiger partial charge is 0.372 e. The Kier molecular flexibility index (Phi) is 4.95. The molecule has 0 aromatic carbocycles. The zero-order valence-corrected chi connectivity index (χ0v) is 12.5. The summed E-state index contributed by atoms with van der Waals surface area (Å²) in [5.41, 5.74) is 0.991. The molecule has 0 aromatic rings. The molecule has 1 aliphatic rings. The predicted molar refractivity (Wildman–Crippen MR) is 76.6 cm³/mol. The molecule has 0 aliphatic heterocycles. The summed E-state index contributed by atoms with van der Waals surface area (Å²) in [5, 5.41) is 10.9. The van der Waals surface area contributed by atoms with Crippen LogP contribution in [0, 0.1) is 0 Å². The maximum absolute atomic E-state index is 12.0. The van der Waals surface area contributed by atoms with Crippen LogP contribution in [0.5, 0.6) is 0 Å². The van der Waals surface area contributed by atoms with Crippen LogP contribution in [0.3, 0.4) is 0 Å². The van der Waals surface area contributed by atoms with Crippen molar-refractivity contribution in [3.63, 3.8) is 0 Å². The van der Waals surface area contributed by atoms with Gasteiger partial charge in [0, 0.05) is 36.6 Å². The van der Waals surface area contributed by atoms with Crippen LogP contribution in [0.25, 0.3) is 0 Å². The number of nitrogens with zero attached hydrogens (tertiary/aromatic N) is 2. The van der Waals surface area contributed by atoms with E-state index in [9.17, 15) is 10.0 Å². The summed E-state index contributed by atoms with van der Waals surface area (Å²) in [7, 11) is 0. The van der Waals surface area contributed by atoms with Gasteiger partial charge in [-0.15, -0.1) is 0 Å². The molecule has 0 unspecified atom stereocenters. The monoisotopic (exact) mass is 264 g/mol. The Bertz CT molecular complexity index is 424. The lowest BCUT2D eigenvalue weighted by Gasteiger charge is -2.29. The van der Waals surface area contributed by atoms with Gasteiger partial charge in [0.1, 0.15) is 0 Å². The Morgan fingerprint density at radius 3 is 2.21 bits per heavy atom. The minimum absolute atomic E-state index is 0.0762. The number of hydrogen-bond donors (Lipinski definition) is 1. The standard InChI is InChI=1S/C15H24N2O2/c1-6-16(7-2)13-9-8-12(14(18)10-13)11-17(19)15(3,4)5/h8-11,19H,6-7H2,1-5H3/b12-11-. The van der Waals surface area contributed by atoms with Crippen molar-refractivity contribution in [3.05, 3.63) is 35.7 Å². The fourth-order valence-corrected chi connectivity index (χ4v) is 1.74. The van der Waals surface area contributed by atoms with Gasteiger partial charge in [-0.25, -0.2) is 0 Å². The van der Waals surface area contributed by atoms with Crippen LogP contribution < -0.4 is 0 Å². The van der Waals surface area contributed by atoms with Crippen molar-refractivity contribution >= 4 is 5.78 Å². The molecule has 0 bridgehead atoms. The first kappa shape index (κ1) is 15.5. The van der Waals surface area contributed by atoms with E-state index in [-0.39, 0.29) is 5.78 Å². The van der Waals surface area contributed by atoms with E-state index in [1.54, 1.807) is 12.2 Å². The zero-order chi connectivity index (χ0) is 14.6. The topological polar surface area (TPSA) is 43.8 Å². The van der Waals surface area contributed by atoms with E-state index in [0.29, 0.717) is 5.57 Å². The van der Waals surface area contributed by atoms with Crippen molar-refractivity contribution in [2.45, 2.75) is 40.2 Å². The molecule has 1 rings (SSSR count). The maximum Gasteiger partial charge on any atom is 0.189 e. The van der Waals surface area contributed by atoms with Gasteiger partial charge in [-0.05, 0) is 46.8 Å². The van der Waals surface area contributed by atoms with E-state index >= 15 is 0 Å². The Labute approximate surface area is 115 Å². The predicted octanol–water partition coefficient (Wildman–Crippen LogP) is 2.72. The first-order valence-electron chi connectivity index (χ1n) is 6.68. The molecule has 0 amide bonds. The van der Waals surface area contributed by atoms with Gasteiger partial charge in [-0.2, -0.15) is 0 Å². The quantitative estimate of drug-likeness (QED) is 0.626. The third kappa shape index (κ3) is 3.96. The maximum atomic E-state index is 12.0. The van der Waals surface area contributed by atoms with Gasteiger partial charge in [-0.1, -0.05) is 0 Å². The van der Waals surface area contributed by atoms with E-state index < -0.39 is 5.54 Å². The van der Waals surface area contributed by atoms with Crippen LogP contribution in [0.4, 0.5) is 0 Å². The molecular formula is C15H24N2O2. The van der Waals surface area contributed by atoms with Crippen molar-refractivity contribution in [2.75, 3.05) is 13.1 Å². The summed E-state index contributed by atoms with van der Waals surface area (Å²) in [6.45, 7) is 11.5. The molecule has 19 heavy (non-hydrogen) atoms. The van der Waals surface area contributed by atoms with Gasteiger partial charge in [0.25, 0.3) is 0 Å². The molecule has 4 nitrogen and oxygen atoms in total. The molecule has 0 spiro atoms. The third-order valence-corrected chi connectivity index (χ3v) is 3.07. The van der Waals surface area contributed by atoms with Gasteiger partial charge < -0.3 is 4.90 Å². The highest BCUT2D eigenvalue weighted by Crippen LogP contribution is 2.18. The molecule has 0 radical (unpaired) electrons. The van der Waals surface area contributed by atoms with Crippen molar-refractivity contribution in [2.24, 2.45) is 0 Å². The summed E-state index contributed by atoms with van der Waals surface area (Å²) in [4.78, 5) is 14.2. The van der Waals surface area contributed by atoms with Crippen molar-refractivity contribution < 1.29 is 10.0 Å². The Balaban J connectivity index is 2.89. The van der Waals surface area contributed by atoms with Crippen LogP contribution >= 0.6 is 0 Å². The fourth-order valence-electron chi connectivity index (χ4n) is 1.74. The van der Waals surface area contributed by atoms with Crippen LogP contribution in [-0.2, 0) is 4.79 Å². The minimum Gasteiger partial charge on any atom is -0.372 e. The first-order chi connectivity index (χ1) is 8.79. The van der Waals surface area contributed by atoms with Gasteiger partial charge in [-0.3, -0.25) is 15.1 Å². The number of rotatable bonds is 4. The average molecular weight is 264 g/mol. The van der Waals surface area contributed by atoms with Crippen molar-refractivity contribution in [1.29, 1.82) is 0 Å². The van der Waals surface area contributed by atoms with Gasteiger partial charge >= 0.3 is 0 Å². The van der Waals surface area contributed by atoms with Crippen molar-refractivity contribution in [3.8, 4) is 0 Å².